The zero-order chi connectivity index (χ0) is 22.8. The maximum Gasteiger partial charge on any atom is 0.415 e. The summed E-state index contributed by atoms with van der Waals surface area (Å²) in [5.41, 5.74) is 1.07. The fourth-order valence-corrected chi connectivity index (χ4v) is 5.44. The van der Waals surface area contributed by atoms with E-state index in [9.17, 15) is 13.2 Å². The van der Waals surface area contributed by atoms with Crippen molar-refractivity contribution in [3.63, 3.8) is 0 Å². The molecule has 1 unspecified atom stereocenters. The van der Waals surface area contributed by atoms with Crippen molar-refractivity contribution in [2.75, 3.05) is 18.0 Å². The van der Waals surface area contributed by atoms with Crippen LogP contribution in [0.1, 0.15) is 57.7 Å². The van der Waals surface area contributed by atoms with E-state index in [1.165, 1.54) is 9.21 Å². The van der Waals surface area contributed by atoms with Crippen LogP contribution in [-0.2, 0) is 14.8 Å². The molecular formula is C23H31N3O4S. The molecule has 1 aliphatic rings. The van der Waals surface area contributed by atoms with Gasteiger partial charge in [0.2, 0.25) is 10.0 Å². The van der Waals surface area contributed by atoms with Crippen molar-refractivity contribution in [3.8, 4) is 0 Å². The third kappa shape index (κ3) is 5.07. The maximum absolute atomic E-state index is 13.4. The Labute approximate surface area is 185 Å². The van der Waals surface area contributed by atoms with Gasteiger partial charge in [0.25, 0.3) is 0 Å². The van der Waals surface area contributed by atoms with E-state index in [0.29, 0.717) is 30.9 Å². The molecule has 0 spiro atoms. The van der Waals surface area contributed by atoms with Crippen molar-refractivity contribution in [2.24, 2.45) is 0 Å². The first kappa shape index (κ1) is 23.2. The van der Waals surface area contributed by atoms with E-state index in [0.717, 1.165) is 12.0 Å². The van der Waals surface area contributed by atoms with E-state index in [2.05, 4.69) is 4.98 Å². The number of sulfonamides is 1. The predicted octanol–water partition coefficient (Wildman–Crippen LogP) is 4.68. The van der Waals surface area contributed by atoms with E-state index in [-0.39, 0.29) is 4.90 Å². The Morgan fingerprint density at radius 1 is 1.23 bits per heavy atom. The summed E-state index contributed by atoms with van der Waals surface area (Å²) in [6.07, 6.45) is 2.51. The SMILES string of the molecule is CCN(C(=O)OC(C)(C)C)c1ncccc1C1CCCN1S(=O)(=O)c1ccc(C)cc1. The largest absolute Gasteiger partial charge is 0.443 e. The Kier molecular flexibility index (Phi) is 6.71. The molecular weight excluding hydrogens is 414 g/mol. The molecule has 1 aromatic carbocycles. The zero-order valence-electron chi connectivity index (χ0n) is 18.8. The van der Waals surface area contributed by atoms with Crippen LogP contribution < -0.4 is 4.90 Å². The molecule has 1 amide bonds. The molecule has 0 saturated carbocycles. The van der Waals surface area contributed by atoms with Crippen molar-refractivity contribution in [2.45, 2.75) is 64.0 Å². The molecule has 168 valence electrons. The Bertz CT molecular complexity index is 1030. The summed E-state index contributed by atoms with van der Waals surface area (Å²) in [4.78, 5) is 19.0. The van der Waals surface area contributed by atoms with Crippen LogP contribution in [0.3, 0.4) is 0 Å². The summed E-state index contributed by atoms with van der Waals surface area (Å²) in [5.74, 6) is 0.440. The van der Waals surface area contributed by atoms with Crippen LogP contribution >= 0.6 is 0 Å². The van der Waals surface area contributed by atoms with Gasteiger partial charge in [0.1, 0.15) is 11.4 Å². The summed E-state index contributed by atoms with van der Waals surface area (Å²) < 4.78 is 33.9. The van der Waals surface area contributed by atoms with Crippen LogP contribution in [0.4, 0.5) is 10.6 Å². The topological polar surface area (TPSA) is 79.8 Å². The molecule has 8 heteroatoms. The first-order valence-corrected chi connectivity index (χ1v) is 12.0. The molecule has 0 radical (unpaired) electrons. The van der Waals surface area contributed by atoms with Crippen LogP contribution in [0.15, 0.2) is 47.5 Å². The summed E-state index contributed by atoms with van der Waals surface area (Å²) >= 11 is 0. The van der Waals surface area contributed by atoms with Gasteiger partial charge in [-0.1, -0.05) is 23.8 Å². The number of amides is 1. The van der Waals surface area contributed by atoms with Crippen LogP contribution in [0.25, 0.3) is 0 Å². The van der Waals surface area contributed by atoms with Crippen molar-refractivity contribution in [1.82, 2.24) is 9.29 Å². The predicted molar refractivity (Wildman–Crippen MR) is 121 cm³/mol. The minimum absolute atomic E-state index is 0.273. The minimum atomic E-state index is -3.68. The molecule has 0 N–H and O–H groups in total. The number of nitrogens with zero attached hydrogens (tertiary/aromatic N) is 3. The van der Waals surface area contributed by atoms with Gasteiger partial charge in [-0.2, -0.15) is 4.31 Å². The molecule has 7 nitrogen and oxygen atoms in total. The number of aryl methyl sites for hydroxylation is 1. The van der Waals surface area contributed by atoms with Gasteiger partial charge in [0.15, 0.2) is 0 Å². The van der Waals surface area contributed by atoms with Gasteiger partial charge in [-0.15, -0.1) is 0 Å². The number of benzene rings is 1. The number of pyridine rings is 1. The quantitative estimate of drug-likeness (QED) is 0.668. The molecule has 3 rings (SSSR count). The van der Waals surface area contributed by atoms with Gasteiger partial charge in [0, 0.05) is 24.8 Å². The van der Waals surface area contributed by atoms with Crippen molar-refractivity contribution < 1.29 is 17.9 Å². The number of ether oxygens (including phenoxy) is 1. The first-order chi connectivity index (χ1) is 14.5. The van der Waals surface area contributed by atoms with Crippen molar-refractivity contribution >= 4 is 21.9 Å². The smallest absolute Gasteiger partial charge is 0.415 e. The second kappa shape index (κ2) is 8.96. The van der Waals surface area contributed by atoms with E-state index in [1.54, 1.807) is 36.5 Å². The summed E-state index contributed by atoms with van der Waals surface area (Å²) in [6, 6.07) is 10.1. The summed E-state index contributed by atoms with van der Waals surface area (Å²) in [7, 11) is -3.68. The second-order valence-corrected chi connectivity index (χ2v) is 10.6. The molecule has 2 aromatic rings. The Morgan fingerprint density at radius 2 is 1.90 bits per heavy atom. The van der Waals surface area contributed by atoms with Crippen molar-refractivity contribution in [3.05, 3.63) is 53.7 Å². The van der Waals surface area contributed by atoms with E-state index in [4.69, 9.17) is 4.74 Å². The summed E-state index contributed by atoms with van der Waals surface area (Å²) in [6.45, 7) is 9.98. The van der Waals surface area contributed by atoms with Crippen molar-refractivity contribution in [1.29, 1.82) is 0 Å². The number of hydrogen-bond donors (Lipinski definition) is 0. The minimum Gasteiger partial charge on any atom is -0.443 e. The molecule has 1 aromatic heterocycles. The highest BCUT2D eigenvalue weighted by atomic mass is 32.2. The third-order valence-electron chi connectivity index (χ3n) is 5.19. The highest BCUT2D eigenvalue weighted by Gasteiger charge is 2.38. The van der Waals surface area contributed by atoms with Gasteiger partial charge >= 0.3 is 6.09 Å². The normalized spacial score (nSPS) is 17.5. The van der Waals surface area contributed by atoms with Gasteiger partial charge in [-0.25, -0.2) is 18.2 Å². The molecule has 1 aliphatic heterocycles. The highest BCUT2D eigenvalue weighted by molar-refractivity contribution is 7.89. The van der Waals surface area contributed by atoms with Crippen LogP contribution in [0.5, 0.6) is 0 Å². The number of hydrogen-bond acceptors (Lipinski definition) is 5. The van der Waals surface area contributed by atoms with Gasteiger partial charge in [0.05, 0.1) is 10.9 Å². The molecule has 0 aliphatic carbocycles. The number of rotatable bonds is 5. The lowest BCUT2D eigenvalue weighted by Gasteiger charge is -2.30. The Hall–Kier alpha value is -2.45. The first-order valence-electron chi connectivity index (χ1n) is 10.6. The highest BCUT2D eigenvalue weighted by Crippen LogP contribution is 2.40. The third-order valence-corrected chi connectivity index (χ3v) is 7.12. The number of anilines is 1. The lowest BCUT2D eigenvalue weighted by molar-refractivity contribution is 0.0580. The number of carbonyl (C=O) groups excluding carboxylic acids is 1. The van der Waals surface area contributed by atoms with Gasteiger partial charge in [-0.05, 0) is 65.7 Å². The monoisotopic (exact) mass is 445 g/mol. The standard InChI is InChI=1S/C23H31N3O4S/c1-6-25(22(27)30-23(3,4)5)21-19(9-7-15-24-21)20-10-8-16-26(20)31(28,29)18-13-11-17(2)12-14-18/h7,9,11-15,20H,6,8,10,16H2,1-5H3. The second-order valence-electron chi connectivity index (χ2n) is 8.73. The van der Waals surface area contributed by atoms with Crippen LogP contribution in [0, 0.1) is 6.92 Å². The Balaban J connectivity index is 1.99. The van der Waals surface area contributed by atoms with Crippen LogP contribution in [-0.4, -0.2) is 42.5 Å². The maximum atomic E-state index is 13.4. The molecule has 0 bridgehead atoms. The van der Waals surface area contributed by atoms with Gasteiger partial charge < -0.3 is 4.74 Å². The average molecular weight is 446 g/mol. The molecule has 1 saturated heterocycles. The molecule has 1 atom stereocenters. The number of carbonyl (C=O) groups is 1. The fourth-order valence-electron chi connectivity index (χ4n) is 3.76. The lowest BCUT2D eigenvalue weighted by Crippen LogP contribution is -2.38. The number of aromatic nitrogens is 1. The van der Waals surface area contributed by atoms with E-state index >= 15 is 0 Å². The molecule has 31 heavy (non-hydrogen) atoms. The molecule has 1 fully saturated rings. The van der Waals surface area contributed by atoms with E-state index in [1.807, 2.05) is 40.7 Å². The van der Waals surface area contributed by atoms with Crippen LogP contribution in [0.2, 0.25) is 0 Å². The van der Waals surface area contributed by atoms with Gasteiger partial charge in [-0.3, -0.25) is 4.90 Å². The summed E-state index contributed by atoms with van der Waals surface area (Å²) in [5, 5.41) is 0. The van der Waals surface area contributed by atoms with E-state index < -0.39 is 27.8 Å². The zero-order valence-corrected chi connectivity index (χ0v) is 19.6. The molecule has 2 heterocycles. The lowest BCUT2D eigenvalue weighted by atomic mass is 10.1. The fraction of sp³-hybridized carbons (Fsp3) is 0.478. The Morgan fingerprint density at radius 3 is 2.52 bits per heavy atom. The average Bonchev–Trinajstić information content (AvgIpc) is 3.18.